The number of anilines is 1. The largest absolute Gasteiger partial charge is 0.378 e. The number of pyridine rings is 1. The van der Waals surface area contributed by atoms with Crippen LogP contribution < -0.4 is 11.1 Å². The average molecular weight is 206 g/mol. The lowest BCUT2D eigenvalue weighted by atomic mass is 10.1. The number of nitrogens with zero attached hydrogens (tertiary/aromatic N) is 1. The van der Waals surface area contributed by atoms with E-state index in [2.05, 4.69) is 10.3 Å². The molecule has 4 N–H and O–H groups in total. The summed E-state index contributed by atoms with van der Waals surface area (Å²) in [5.74, 6) is -0.836. The molecule has 0 aliphatic heterocycles. The predicted molar refractivity (Wildman–Crippen MR) is 54.8 cm³/mol. The summed E-state index contributed by atoms with van der Waals surface area (Å²) >= 11 is 0. The van der Waals surface area contributed by atoms with Gasteiger partial charge in [-0.3, -0.25) is 15.2 Å². The van der Waals surface area contributed by atoms with Crippen LogP contribution in [-0.2, 0) is 9.59 Å². The van der Waals surface area contributed by atoms with E-state index in [4.69, 9.17) is 11.1 Å². The fourth-order valence-corrected chi connectivity index (χ4v) is 1.03. The maximum atomic E-state index is 10.8. The summed E-state index contributed by atoms with van der Waals surface area (Å²) in [5, 5.41) is 10.2. The molecule has 0 unspecified atom stereocenters. The standard InChI is InChI=1S/C9H10N4O2/c10-8(9(11)15)6-5-12-2-1-7(6)13-3-4-14/h1-2,4-5,10H,3H2,(H2,11,15)(H,12,13). The molecule has 0 saturated carbocycles. The Labute approximate surface area is 86.0 Å². The van der Waals surface area contributed by atoms with E-state index in [0.717, 1.165) is 0 Å². The quantitative estimate of drug-likeness (QED) is 0.447. The zero-order chi connectivity index (χ0) is 11.3. The molecule has 1 aromatic rings. The van der Waals surface area contributed by atoms with Gasteiger partial charge in [-0.2, -0.15) is 0 Å². The molecule has 0 radical (unpaired) electrons. The van der Waals surface area contributed by atoms with Crippen LogP contribution >= 0.6 is 0 Å². The molecular weight excluding hydrogens is 196 g/mol. The summed E-state index contributed by atoms with van der Waals surface area (Å²) in [6.07, 6.45) is 3.52. The zero-order valence-corrected chi connectivity index (χ0v) is 7.86. The SMILES string of the molecule is N=C(C(N)=O)c1cnccc1NCC=O. The second-order valence-electron chi connectivity index (χ2n) is 2.71. The van der Waals surface area contributed by atoms with Crippen LogP contribution in [-0.4, -0.2) is 29.4 Å². The van der Waals surface area contributed by atoms with Gasteiger partial charge in [-0.15, -0.1) is 0 Å². The lowest BCUT2D eigenvalue weighted by Gasteiger charge is -2.08. The number of hydrogen-bond donors (Lipinski definition) is 3. The van der Waals surface area contributed by atoms with Crippen LogP contribution in [0.15, 0.2) is 18.5 Å². The van der Waals surface area contributed by atoms with E-state index in [9.17, 15) is 9.59 Å². The molecule has 78 valence electrons. The van der Waals surface area contributed by atoms with Crippen molar-refractivity contribution in [2.75, 3.05) is 11.9 Å². The molecular formula is C9H10N4O2. The monoisotopic (exact) mass is 206 g/mol. The molecule has 1 amide bonds. The Morgan fingerprint density at radius 3 is 3.00 bits per heavy atom. The van der Waals surface area contributed by atoms with Gasteiger partial charge in [-0.25, -0.2) is 0 Å². The number of amides is 1. The van der Waals surface area contributed by atoms with Gasteiger partial charge >= 0.3 is 0 Å². The smallest absolute Gasteiger partial charge is 0.267 e. The number of nitrogens with one attached hydrogen (secondary N) is 2. The highest BCUT2D eigenvalue weighted by atomic mass is 16.1. The molecule has 6 heteroatoms. The summed E-state index contributed by atoms with van der Waals surface area (Å²) in [6.45, 7) is 0.100. The second kappa shape index (κ2) is 4.85. The van der Waals surface area contributed by atoms with Gasteiger partial charge in [-0.1, -0.05) is 0 Å². The normalized spacial score (nSPS) is 9.33. The lowest BCUT2D eigenvalue weighted by Crippen LogP contribution is -2.24. The zero-order valence-electron chi connectivity index (χ0n) is 7.86. The van der Waals surface area contributed by atoms with Crippen LogP contribution in [0, 0.1) is 5.41 Å². The van der Waals surface area contributed by atoms with E-state index in [0.29, 0.717) is 12.0 Å². The van der Waals surface area contributed by atoms with Crippen LogP contribution in [0.3, 0.4) is 0 Å². The van der Waals surface area contributed by atoms with Crippen molar-refractivity contribution < 1.29 is 9.59 Å². The number of aldehydes is 1. The summed E-state index contributed by atoms with van der Waals surface area (Å²) < 4.78 is 0. The molecule has 0 bridgehead atoms. The fraction of sp³-hybridized carbons (Fsp3) is 0.111. The maximum Gasteiger partial charge on any atom is 0.267 e. The van der Waals surface area contributed by atoms with E-state index in [1.54, 1.807) is 6.07 Å². The van der Waals surface area contributed by atoms with E-state index >= 15 is 0 Å². The summed E-state index contributed by atoms with van der Waals surface area (Å²) in [5.41, 5.74) is 5.41. The Balaban J connectivity index is 3.00. The molecule has 0 saturated heterocycles. The highest BCUT2D eigenvalue weighted by Gasteiger charge is 2.12. The maximum absolute atomic E-state index is 10.8. The van der Waals surface area contributed by atoms with Crippen LogP contribution in [0.5, 0.6) is 0 Å². The van der Waals surface area contributed by atoms with Crippen molar-refractivity contribution in [2.24, 2.45) is 5.73 Å². The first-order valence-electron chi connectivity index (χ1n) is 4.17. The number of carbonyl (C=O) groups excluding carboxylic acids is 2. The second-order valence-corrected chi connectivity index (χ2v) is 2.71. The third-order valence-electron chi connectivity index (χ3n) is 1.71. The highest BCUT2D eigenvalue weighted by molar-refractivity contribution is 6.44. The van der Waals surface area contributed by atoms with Gasteiger partial charge in [0, 0.05) is 23.6 Å². The van der Waals surface area contributed by atoms with Gasteiger partial charge < -0.3 is 15.8 Å². The van der Waals surface area contributed by atoms with Gasteiger partial charge in [-0.05, 0) is 6.07 Å². The number of aromatic nitrogens is 1. The van der Waals surface area contributed by atoms with Crippen LogP contribution in [0.2, 0.25) is 0 Å². The molecule has 0 aliphatic carbocycles. The molecule has 0 aromatic carbocycles. The number of primary amides is 1. The van der Waals surface area contributed by atoms with Gasteiger partial charge in [0.05, 0.1) is 6.54 Å². The Bertz CT molecular complexity index is 403. The molecule has 0 aliphatic rings. The van der Waals surface area contributed by atoms with Crippen molar-refractivity contribution in [3.8, 4) is 0 Å². The van der Waals surface area contributed by atoms with Crippen molar-refractivity contribution in [3.63, 3.8) is 0 Å². The Hall–Kier alpha value is -2.24. The minimum atomic E-state index is -0.836. The van der Waals surface area contributed by atoms with Crippen molar-refractivity contribution in [1.29, 1.82) is 5.41 Å². The Kier molecular flexibility index (Phi) is 3.50. The summed E-state index contributed by atoms with van der Waals surface area (Å²) in [7, 11) is 0. The number of carbonyl (C=O) groups is 2. The number of hydrogen-bond acceptors (Lipinski definition) is 5. The van der Waals surface area contributed by atoms with Crippen molar-refractivity contribution in [3.05, 3.63) is 24.0 Å². The summed E-state index contributed by atoms with van der Waals surface area (Å²) in [4.78, 5) is 24.7. The first-order chi connectivity index (χ1) is 7.16. The third-order valence-corrected chi connectivity index (χ3v) is 1.71. The third kappa shape index (κ3) is 2.60. The molecule has 0 atom stereocenters. The van der Waals surface area contributed by atoms with E-state index in [1.807, 2.05) is 0 Å². The summed E-state index contributed by atoms with van der Waals surface area (Å²) in [6, 6.07) is 1.57. The van der Waals surface area contributed by atoms with Crippen molar-refractivity contribution in [2.45, 2.75) is 0 Å². The lowest BCUT2D eigenvalue weighted by molar-refractivity contribution is -0.112. The van der Waals surface area contributed by atoms with E-state index in [-0.39, 0.29) is 17.8 Å². The van der Waals surface area contributed by atoms with Gasteiger partial charge in [0.15, 0.2) is 0 Å². The first kappa shape index (κ1) is 10.8. The molecule has 15 heavy (non-hydrogen) atoms. The molecule has 0 fully saturated rings. The molecule has 1 rings (SSSR count). The fourth-order valence-electron chi connectivity index (χ4n) is 1.03. The van der Waals surface area contributed by atoms with E-state index < -0.39 is 5.91 Å². The topological polar surface area (TPSA) is 109 Å². The van der Waals surface area contributed by atoms with E-state index in [1.165, 1.54) is 12.4 Å². The van der Waals surface area contributed by atoms with Gasteiger partial charge in [0.1, 0.15) is 12.0 Å². The molecule has 1 heterocycles. The molecule has 6 nitrogen and oxygen atoms in total. The minimum absolute atomic E-state index is 0.100. The first-order valence-corrected chi connectivity index (χ1v) is 4.17. The number of rotatable bonds is 5. The number of nitrogens with two attached hydrogens (primary N) is 1. The van der Waals surface area contributed by atoms with Gasteiger partial charge in [0.2, 0.25) is 0 Å². The van der Waals surface area contributed by atoms with Gasteiger partial charge in [0.25, 0.3) is 5.91 Å². The van der Waals surface area contributed by atoms with Crippen molar-refractivity contribution >= 4 is 23.6 Å². The van der Waals surface area contributed by atoms with Crippen LogP contribution in [0.25, 0.3) is 0 Å². The minimum Gasteiger partial charge on any atom is -0.378 e. The Morgan fingerprint density at radius 1 is 1.67 bits per heavy atom. The molecule has 1 aromatic heterocycles. The predicted octanol–water partition coefficient (Wildman–Crippen LogP) is -0.454. The molecule has 0 spiro atoms. The van der Waals surface area contributed by atoms with Crippen molar-refractivity contribution in [1.82, 2.24) is 4.98 Å². The average Bonchev–Trinajstić information content (AvgIpc) is 2.25. The Morgan fingerprint density at radius 2 is 2.40 bits per heavy atom. The van der Waals surface area contributed by atoms with Crippen LogP contribution in [0.1, 0.15) is 5.56 Å². The van der Waals surface area contributed by atoms with Crippen LogP contribution in [0.4, 0.5) is 5.69 Å². The highest BCUT2D eigenvalue weighted by Crippen LogP contribution is 2.13.